The smallest absolute Gasteiger partial charge is 0.255 e. The average Bonchev–Trinajstić information content (AvgIpc) is 3.13. The summed E-state index contributed by atoms with van der Waals surface area (Å²) in [4.78, 5) is 25.1. The first kappa shape index (κ1) is 17.8. The molecule has 0 spiro atoms. The number of hydrogen-bond acceptors (Lipinski definition) is 4. The van der Waals surface area contributed by atoms with Gasteiger partial charge in [0.1, 0.15) is 5.75 Å². The SMILES string of the molecule is COc1ccc(C(=O)Nc2ccc(Nc3ccccc3)c3c2C(=O)CC3)cc1. The molecule has 0 saturated heterocycles. The van der Waals surface area contributed by atoms with Crippen molar-refractivity contribution in [3.05, 3.63) is 83.4 Å². The summed E-state index contributed by atoms with van der Waals surface area (Å²) >= 11 is 0. The summed E-state index contributed by atoms with van der Waals surface area (Å²) in [6.07, 6.45) is 1.11. The van der Waals surface area contributed by atoms with Crippen LogP contribution in [-0.2, 0) is 6.42 Å². The molecule has 0 fully saturated rings. The van der Waals surface area contributed by atoms with Crippen LogP contribution in [0, 0.1) is 0 Å². The van der Waals surface area contributed by atoms with Gasteiger partial charge in [-0.3, -0.25) is 9.59 Å². The van der Waals surface area contributed by atoms with Crippen molar-refractivity contribution in [2.75, 3.05) is 17.7 Å². The number of Topliss-reactive ketones (excluding diaryl/α,β-unsaturated/α-hetero) is 1. The molecule has 0 bridgehead atoms. The Kier molecular flexibility index (Phi) is 4.81. The predicted molar refractivity (Wildman–Crippen MR) is 110 cm³/mol. The first-order chi connectivity index (χ1) is 13.7. The van der Waals surface area contributed by atoms with Crippen LogP contribution in [0.1, 0.15) is 32.7 Å². The topological polar surface area (TPSA) is 67.4 Å². The molecule has 3 aromatic rings. The zero-order chi connectivity index (χ0) is 19.5. The van der Waals surface area contributed by atoms with Gasteiger partial charge in [0.25, 0.3) is 5.91 Å². The standard InChI is InChI=1S/C23H20N2O3/c1-28-17-9-7-15(8-10-17)23(27)25-20-13-12-19(18-11-14-21(26)22(18)20)24-16-5-3-2-4-6-16/h2-10,12-13,24H,11,14H2,1H3,(H,25,27). The van der Waals surface area contributed by atoms with Crippen LogP contribution < -0.4 is 15.4 Å². The number of benzene rings is 3. The molecule has 0 heterocycles. The van der Waals surface area contributed by atoms with Crippen LogP contribution in [0.2, 0.25) is 0 Å². The van der Waals surface area contributed by atoms with Crippen LogP contribution in [0.25, 0.3) is 0 Å². The fourth-order valence-electron chi connectivity index (χ4n) is 3.42. The van der Waals surface area contributed by atoms with Crippen LogP contribution >= 0.6 is 0 Å². The fraction of sp³-hybridized carbons (Fsp3) is 0.130. The van der Waals surface area contributed by atoms with Crippen molar-refractivity contribution in [1.82, 2.24) is 0 Å². The summed E-state index contributed by atoms with van der Waals surface area (Å²) in [6.45, 7) is 0. The third kappa shape index (κ3) is 3.47. The Bertz CT molecular complexity index is 1030. The number of fused-ring (bicyclic) bond motifs is 1. The van der Waals surface area contributed by atoms with E-state index in [1.165, 1.54) is 0 Å². The highest BCUT2D eigenvalue weighted by atomic mass is 16.5. The van der Waals surface area contributed by atoms with Gasteiger partial charge in [0.05, 0.1) is 12.8 Å². The number of carbonyl (C=O) groups excluding carboxylic acids is 2. The molecule has 1 amide bonds. The number of carbonyl (C=O) groups is 2. The van der Waals surface area contributed by atoms with E-state index in [1.54, 1.807) is 37.4 Å². The minimum atomic E-state index is -0.256. The molecule has 0 aromatic heterocycles. The second-order valence-corrected chi connectivity index (χ2v) is 6.61. The van der Waals surface area contributed by atoms with Gasteiger partial charge < -0.3 is 15.4 Å². The lowest BCUT2D eigenvalue weighted by molar-refractivity contribution is 0.0995. The molecule has 0 saturated carbocycles. The van der Waals surface area contributed by atoms with Crippen molar-refractivity contribution < 1.29 is 14.3 Å². The lowest BCUT2D eigenvalue weighted by Crippen LogP contribution is -2.14. The number of para-hydroxylation sites is 1. The first-order valence-electron chi connectivity index (χ1n) is 9.12. The van der Waals surface area contributed by atoms with Crippen molar-refractivity contribution in [2.45, 2.75) is 12.8 Å². The van der Waals surface area contributed by atoms with Crippen LogP contribution in [0.15, 0.2) is 66.7 Å². The van der Waals surface area contributed by atoms with E-state index in [9.17, 15) is 9.59 Å². The van der Waals surface area contributed by atoms with E-state index in [1.807, 2.05) is 36.4 Å². The lowest BCUT2D eigenvalue weighted by Gasteiger charge is -2.15. The molecule has 5 nitrogen and oxygen atoms in total. The molecule has 1 aliphatic rings. The second kappa shape index (κ2) is 7.56. The number of amides is 1. The van der Waals surface area contributed by atoms with Crippen LogP contribution in [0.4, 0.5) is 17.1 Å². The van der Waals surface area contributed by atoms with E-state index in [4.69, 9.17) is 4.74 Å². The molecule has 5 heteroatoms. The maximum Gasteiger partial charge on any atom is 0.255 e. The maximum atomic E-state index is 12.6. The zero-order valence-corrected chi connectivity index (χ0v) is 15.5. The van der Waals surface area contributed by atoms with Gasteiger partial charge in [-0.25, -0.2) is 0 Å². The molecule has 1 aliphatic carbocycles. The number of hydrogen-bond donors (Lipinski definition) is 2. The molecule has 140 valence electrons. The molecular weight excluding hydrogens is 352 g/mol. The molecule has 2 N–H and O–H groups in total. The van der Waals surface area contributed by atoms with E-state index < -0.39 is 0 Å². The Hall–Kier alpha value is -3.60. The van der Waals surface area contributed by atoms with Crippen molar-refractivity contribution >= 4 is 28.8 Å². The van der Waals surface area contributed by atoms with Gasteiger partial charge in [0.15, 0.2) is 5.78 Å². The van der Waals surface area contributed by atoms with Crippen LogP contribution in [0.5, 0.6) is 5.75 Å². The van der Waals surface area contributed by atoms with E-state index in [-0.39, 0.29) is 11.7 Å². The number of anilines is 3. The maximum absolute atomic E-state index is 12.6. The quantitative estimate of drug-likeness (QED) is 0.674. The number of ether oxygens (including phenoxy) is 1. The second-order valence-electron chi connectivity index (χ2n) is 6.61. The van der Waals surface area contributed by atoms with E-state index in [0.29, 0.717) is 35.4 Å². The van der Waals surface area contributed by atoms with E-state index >= 15 is 0 Å². The van der Waals surface area contributed by atoms with Gasteiger partial charge in [-0.2, -0.15) is 0 Å². The Morgan fingerprint density at radius 1 is 0.893 bits per heavy atom. The van der Waals surface area contributed by atoms with Gasteiger partial charge in [-0.05, 0) is 60.5 Å². The predicted octanol–water partition coefficient (Wildman–Crippen LogP) is 4.82. The third-order valence-corrected chi connectivity index (χ3v) is 4.85. The van der Waals surface area contributed by atoms with Gasteiger partial charge >= 0.3 is 0 Å². The Labute approximate surface area is 163 Å². The largest absolute Gasteiger partial charge is 0.497 e. The Balaban J connectivity index is 1.62. The monoisotopic (exact) mass is 372 g/mol. The normalized spacial score (nSPS) is 12.4. The highest BCUT2D eigenvalue weighted by Gasteiger charge is 2.26. The molecule has 0 radical (unpaired) electrons. The van der Waals surface area contributed by atoms with Gasteiger partial charge in [0, 0.05) is 28.9 Å². The van der Waals surface area contributed by atoms with Crippen molar-refractivity contribution in [2.24, 2.45) is 0 Å². The van der Waals surface area contributed by atoms with Gasteiger partial charge in [-0.15, -0.1) is 0 Å². The third-order valence-electron chi connectivity index (χ3n) is 4.85. The molecule has 3 aromatic carbocycles. The number of nitrogens with one attached hydrogen (secondary N) is 2. The lowest BCUT2D eigenvalue weighted by atomic mass is 10.0. The average molecular weight is 372 g/mol. The van der Waals surface area contributed by atoms with E-state index in [2.05, 4.69) is 10.6 Å². The zero-order valence-electron chi connectivity index (χ0n) is 15.5. The molecule has 28 heavy (non-hydrogen) atoms. The number of rotatable bonds is 5. The number of ketones is 1. The molecule has 0 unspecified atom stereocenters. The molecule has 0 aliphatic heterocycles. The minimum Gasteiger partial charge on any atom is -0.497 e. The minimum absolute atomic E-state index is 0.0525. The summed E-state index contributed by atoms with van der Waals surface area (Å²) in [6, 6.07) is 20.4. The summed E-state index contributed by atoms with van der Waals surface area (Å²) in [5.41, 5.74) is 4.46. The molecule has 0 atom stereocenters. The van der Waals surface area contributed by atoms with E-state index in [0.717, 1.165) is 16.9 Å². The summed E-state index contributed by atoms with van der Waals surface area (Å²) in [7, 11) is 1.58. The van der Waals surface area contributed by atoms with Gasteiger partial charge in [-0.1, -0.05) is 18.2 Å². The number of methoxy groups -OCH3 is 1. The van der Waals surface area contributed by atoms with Gasteiger partial charge in [0.2, 0.25) is 0 Å². The summed E-state index contributed by atoms with van der Waals surface area (Å²) in [5, 5.41) is 6.26. The van der Waals surface area contributed by atoms with Crippen molar-refractivity contribution in [3.63, 3.8) is 0 Å². The van der Waals surface area contributed by atoms with Crippen LogP contribution in [0.3, 0.4) is 0 Å². The summed E-state index contributed by atoms with van der Waals surface area (Å²) < 4.78 is 5.12. The fourth-order valence-corrected chi connectivity index (χ4v) is 3.42. The highest BCUT2D eigenvalue weighted by molar-refractivity contribution is 6.12. The van der Waals surface area contributed by atoms with Crippen molar-refractivity contribution in [3.8, 4) is 5.75 Å². The summed E-state index contributed by atoms with van der Waals surface area (Å²) in [5.74, 6) is 0.481. The van der Waals surface area contributed by atoms with Crippen molar-refractivity contribution in [1.29, 1.82) is 0 Å². The highest BCUT2D eigenvalue weighted by Crippen LogP contribution is 2.36. The Morgan fingerprint density at radius 3 is 2.32 bits per heavy atom. The van der Waals surface area contributed by atoms with Crippen LogP contribution in [-0.4, -0.2) is 18.8 Å². The molecular formula is C23H20N2O3. The molecule has 4 rings (SSSR count). The first-order valence-corrected chi connectivity index (χ1v) is 9.12. The Morgan fingerprint density at radius 2 is 1.61 bits per heavy atom.